The van der Waals surface area contributed by atoms with Crippen LogP contribution in [-0.4, -0.2) is 20.8 Å². The molecule has 0 radical (unpaired) electrons. The summed E-state index contributed by atoms with van der Waals surface area (Å²) in [6.45, 7) is 8.41. The molecule has 1 atom stereocenters. The lowest BCUT2D eigenvalue weighted by Crippen LogP contribution is -2.25. The lowest BCUT2D eigenvalue weighted by atomic mass is 9.99. The molecule has 84 valence electrons. The Morgan fingerprint density at radius 3 is 2.80 bits per heavy atom. The monoisotopic (exact) mass is 226 g/mol. The first kappa shape index (κ1) is 12.3. The van der Waals surface area contributed by atoms with Gasteiger partial charge in [-0.2, -0.15) is 0 Å². The SMILES string of the molecule is CCC(C)=CCC1(C)SC(=NO)N=C1C. The van der Waals surface area contributed by atoms with Crippen LogP contribution in [0.4, 0.5) is 0 Å². The smallest absolute Gasteiger partial charge is 0.226 e. The number of aliphatic imine (C=N–C) groups is 1. The predicted molar refractivity (Wildman–Crippen MR) is 67.0 cm³/mol. The summed E-state index contributed by atoms with van der Waals surface area (Å²) in [4.78, 5) is 4.21. The van der Waals surface area contributed by atoms with E-state index in [1.54, 1.807) is 0 Å². The average molecular weight is 226 g/mol. The Morgan fingerprint density at radius 1 is 1.67 bits per heavy atom. The molecule has 0 aromatic heterocycles. The summed E-state index contributed by atoms with van der Waals surface area (Å²) < 4.78 is -0.0437. The fourth-order valence-electron chi connectivity index (χ4n) is 1.31. The molecule has 0 fully saturated rings. The zero-order valence-corrected chi connectivity index (χ0v) is 10.6. The molecule has 1 aliphatic heterocycles. The van der Waals surface area contributed by atoms with Crippen LogP contribution >= 0.6 is 11.8 Å². The zero-order chi connectivity index (χ0) is 11.5. The van der Waals surface area contributed by atoms with Crippen LogP contribution in [-0.2, 0) is 0 Å². The highest BCUT2D eigenvalue weighted by atomic mass is 32.2. The molecule has 0 aromatic rings. The highest BCUT2D eigenvalue weighted by molar-refractivity contribution is 8.16. The van der Waals surface area contributed by atoms with E-state index in [0.29, 0.717) is 5.17 Å². The van der Waals surface area contributed by atoms with Crippen LogP contribution in [0.3, 0.4) is 0 Å². The van der Waals surface area contributed by atoms with Crippen molar-refractivity contribution in [3.8, 4) is 0 Å². The molecule has 1 rings (SSSR count). The summed E-state index contributed by atoms with van der Waals surface area (Å²) in [5.74, 6) is 0. The number of nitrogens with zero attached hydrogens (tertiary/aromatic N) is 2. The molecule has 0 bridgehead atoms. The lowest BCUT2D eigenvalue weighted by molar-refractivity contribution is 0.320. The van der Waals surface area contributed by atoms with Crippen LogP contribution in [0.15, 0.2) is 21.8 Å². The zero-order valence-electron chi connectivity index (χ0n) is 9.74. The molecule has 15 heavy (non-hydrogen) atoms. The van der Waals surface area contributed by atoms with Gasteiger partial charge >= 0.3 is 0 Å². The first-order chi connectivity index (χ1) is 7.01. The van der Waals surface area contributed by atoms with Crippen LogP contribution in [0.5, 0.6) is 0 Å². The molecule has 4 heteroatoms. The lowest BCUT2D eigenvalue weighted by Gasteiger charge is -2.20. The van der Waals surface area contributed by atoms with Crippen molar-refractivity contribution in [1.29, 1.82) is 0 Å². The second-order valence-corrected chi connectivity index (χ2v) is 5.49. The maximum Gasteiger partial charge on any atom is 0.226 e. The van der Waals surface area contributed by atoms with Gasteiger partial charge in [-0.05, 0) is 33.6 Å². The first-order valence-electron chi connectivity index (χ1n) is 5.14. The van der Waals surface area contributed by atoms with E-state index in [0.717, 1.165) is 18.6 Å². The minimum Gasteiger partial charge on any atom is -0.409 e. The van der Waals surface area contributed by atoms with E-state index in [-0.39, 0.29) is 4.75 Å². The summed E-state index contributed by atoms with van der Waals surface area (Å²) in [6.07, 6.45) is 4.26. The van der Waals surface area contributed by atoms with Crippen LogP contribution < -0.4 is 0 Å². The first-order valence-corrected chi connectivity index (χ1v) is 5.96. The van der Waals surface area contributed by atoms with Crippen molar-refractivity contribution in [1.82, 2.24) is 0 Å². The average Bonchev–Trinajstić information content (AvgIpc) is 2.52. The van der Waals surface area contributed by atoms with Gasteiger partial charge in [0.2, 0.25) is 5.17 Å². The molecule has 3 nitrogen and oxygen atoms in total. The second-order valence-electron chi connectivity index (χ2n) is 4.02. The quantitative estimate of drug-likeness (QED) is 0.455. The van der Waals surface area contributed by atoms with E-state index in [2.05, 4.69) is 37.0 Å². The van der Waals surface area contributed by atoms with Crippen molar-refractivity contribution in [2.75, 3.05) is 0 Å². The Morgan fingerprint density at radius 2 is 2.33 bits per heavy atom. The minimum absolute atomic E-state index is 0.0437. The third-order valence-electron chi connectivity index (χ3n) is 2.83. The summed E-state index contributed by atoms with van der Waals surface area (Å²) in [5.41, 5.74) is 2.42. The molecule has 1 unspecified atom stereocenters. The Hall–Kier alpha value is -0.770. The van der Waals surface area contributed by atoms with Crippen molar-refractivity contribution >= 4 is 22.6 Å². The number of hydrogen-bond acceptors (Lipinski definition) is 3. The maximum absolute atomic E-state index is 8.68. The highest BCUT2D eigenvalue weighted by Crippen LogP contribution is 2.38. The number of oxime groups is 1. The van der Waals surface area contributed by atoms with Gasteiger partial charge in [-0.1, -0.05) is 35.5 Å². The molecule has 1 aliphatic rings. The normalized spacial score (nSPS) is 29.7. The largest absolute Gasteiger partial charge is 0.409 e. The van der Waals surface area contributed by atoms with Gasteiger partial charge < -0.3 is 5.21 Å². The standard InChI is InChI=1S/C11H18N2OS/c1-5-8(2)6-7-11(4)9(3)12-10(13-14)15-11/h6,14H,5,7H2,1-4H3. The second kappa shape index (κ2) is 4.84. The van der Waals surface area contributed by atoms with Crippen LogP contribution in [0.25, 0.3) is 0 Å². The summed E-state index contributed by atoms with van der Waals surface area (Å²) in [7, 11) is 0. The van der Waals surface area contributed by atoms with Gasteiger partial charge in [-0.3, -0.25) is 0 Å². The van der Waals surface area contributed by atoms with Crippen molar-refractivity contribution in [3.63, 3.8) is 0 Å². The van der Waals surface area contributed by atoms with E-state index in [9.17, 15) is 0 Å². The highest BCUT2D eigenvalue weighted by Gasteiger charge is 2.35. The van der Waals surface area contributed by atoms with E-state index in [1.807, 2.05) is 6.92 Å². The summed E-state index contributed by atoms with van der Waals surface area (Å²) in [5, 5.41) is 12.3. The van der Waals surface area contributed by atoms with Crippen molar-refractivity contribution in [2.45, 2.75) is 45.3 Å². The molecule has 1 N–H and O–H groups in total. The molecule has 0 amide bonds. The minimum atomic E-state index is -0.0437. The molecule has 1 heterocycles. The summed E-state index contributed by atoms with van der Waals surface area (Å²) in [6, 6.07) is 0. The van der Waals surface area contributed by atoms with Crippen molar-refractivity contribution in [2.24, 2.45) is 10.1 Å². The summed E-state index contributed by atoms with van der Waals surface area (Å²) >= 11 is 1.53. The molecule has 0 aliphatic carbocycles. The Labute approximate surface area is 95.4 Å². The van der Waals surface area contributed by atoms with Gasteiger partial charge in [0, 0.05) is 5.71 Å². The van der Waals surface area contributed by atoms with Crippen LogP contribution in [0, 0.1) is 0 Å². The molecule has 0 saturated heterocycles. The van der Waals surface area contributed by atoms with Gasteiger partial charge in [0.25, 0.3) is 0 Å². The van der Waals surface area contributed by atoms with Gasteiger partial charge in [0.15, 0.2) is 0 Å². The van der Waals surface area contributed by atoms with Crippen LogP contribution in [0.1, 0.15) is 40.5 Å². The van der Waals surface area contributed by atoms with Crippen LogP contribution in [0.2, 0.25) is 0 Å². The van der Waals surface area contributed by atoms with E-state index < -0.39 is 0 Å². The van der Waals surface area contributed by atoms with Gasteiger partial charge in [0.05, 0.1) is 4.75 Å². The van der Waals surface area contributed by atoms with Gasteiger partial charge in [-0.25, -0.2) is 4.99 Å². The fourth-order valence-corrected chi connectivity index (χ4v) is 2.29. The number of amidine groups is 1. The van der Waals surface area contributed by atoms with Gasteiger partial charge in [-0.15, -0.1) is 0 Å². The molecule has 0 saturated carbocycles. The number of rotatable bonds is 3. The Bertz CT molecular complexity index is 333. The van der Waals surface area contributed by atoms with Gasteiger partial charge in [0.1, 0.15) is 0 Å². The molecular formula is C11H18N2OS. The van der Waals surface area contributed by atoms with E-state index in [4.69, 9.17) is 5.21 Å². The molecule has 0 aromatic carbocycles. The van der Waals surface area contributed by atoms with Crippen molar-refractivity contribution < 1.29 is 5.21 Å². The molecule has 0 spiro atoms. The number of thioether (sulfide) groups is 1. The topological polar surface area (TPSA) is 45.0 Å². The Kier molecular flexibility index (Phi) is 3.97. The van der Waals surface area contributed by atoms with Crippen molar-refractivity contribution in [3.05, 3.63) is 11.6 Å². The van der Waals surface area contributed by atoms with E-state index in [1.165, 1.54) is 17.3 Å². The third kappa shape index (κ3) is 2.84. The predicted octanol–water partition coefficient (Wildman–Crippen LogP) is 3.44. The fraction of sp³-hybridized carbons (Fsp3) is 0.636. The number of allylic oxidation sites excluding steroid dienone is 2. The maximum atomic E-state index is 8.68. The number of hydrogen-bond donors (Lipinski definition) is 1. The molecular weight excluding hydrogens is 208 g/mol. The van der Waals surface area contributed by atoms with E-state index >= 15 is 0 Å². The third-order valence-corrected chi connectivity index (χ3v) is 4.10. The Balaban J connectivity index is 2.75.